The van der Waals surface area contributed by atoms with Crippen molar-refractivity contribution in [2.45, 2.75) is 25.4 Å². The molecule has 0 radical (unpaired) electrons. The van der Waals surface area contributed by atoms with Crippen LogP contribution >= 0.6 is 15.9 Å². The summed E-state index contributed by atoms with van der Waals surface area (Å²) in [4.78, 5) is 2.42. The summed E-state index contributed by atoms with van der Waals surface area (Å²) in [6.07, 6.45) is 0.813. The minimum absolute atomic E-state index is 0.242. The second-order valence-corrected chi connectivity index (χ2v) is 5.47. The van der Waals surface area contributed by atoms with Gasteiger partial charge in [-0.25, -0.2) is 0 Å². The normalized spacial score (nSPS) is 25.0. The largest absolute Gasteiger partial charge is 0.396 e. The molecule has 1 aliphatic heterocycles. The van der Waals surface area contributed by atoms with E-state index in [9.17, 15) is 0 Å². The van der Waals surface area contributed by atoms with Crippen LogP contribution in [0, 0.1) is 0 Å². The number of piperazine rings is 1. The van der Waals surface area contributed by atoms with E-state index >= 15 is 0 Å². The Labute approximate surface area is 111 Å². The molecule has 1 aliphatic rings. The van der Waals surface area contributed by atoms with Crippen molar-refractivity contribution < 1.29 is 5.11 Å². The first-order chi connectivity index (χ1) is 8.22. The highest BCUT2D eigenvalue weighted by atomic mass is 79.9. The van der Waals surface area contributed by atoms with Crippen molar-refractivity contribution in [3.05, 3.63) is 28.7 Å². The van der Waals surface area contributed by atoms with E-state index in [4.69, 9.17) is 5.11 Å². The van der Waals surface area contributed by atoms with Gasteiger partial charge in [-0.05, 0) is 37.6 Å². The molecule has 17 heavy (non-hydrogen) atoms. The third-order valence-electron chi connectivity index (χ3n) is 3.28. The zero-order valence-corrected chi connectivity index (χ0v) is 11.7. The molecule has 0 amide bonds. The molecule has 0 spiro atoms. The van der Waals surface area contributed by atoms with Crippen molar-refractivity contribution in [2.24, 2.45) is 0 Å². The second-order valence-electron chi connectivity index (χ2n) is 4.56. The summed E-state index contributed by atoms with van der Waals surface area (Å²) in [7, 11) is 0. The number of hydrogen-bond donors (Lipinski definition) is 2. The van der Waals surface area contributed by atoms with Crippen molar-refractivity contribution in [3.63, 3.8) is 0 Å². The summed E-state index contributed by atoms with van der Waals surface area (Å²) < 4.78 is 1.10. The standard InChI is InChI=1S/C13H19BrN2O/c1-10-8-15-9-13(6-7-17)16(10)12-4-2-11(14)3-5-12/h2-5,10,13,15,17H,6-9H2,1H3. The van der Waals surface area contributed by atoms with Crippen LogP contribution in [0.4, 0.5) is 5.69 Å². The fraction of sp³-hybridized carbons (Fsp3) is 0.538. The average molecular weight is 299 g/mol. The maximum absolute atomic E-state index is 9.15. The summed E-state index contributed by atoms with van der Waals surface area (Å²) in [6, 6.07) is 9.25. The zero-order valence-electron chi connectivity index (χ0n) is 10.1. The smallest absolute Gasteiger partial charge is 0.0451 e. The predicted molar refractivity (Wildman–Crippen MR) is 74.4 cm³/mol. The molecular formula is C13H19BrN2O. The lowest BCUT2D eigenvalue weighted by molar-refractivity contribution is 0.259. The molecular weight excluding hydrogens is 280 g/mol. The lowest BCUT2D eigenvalue weighted by Crippen LogP contribution is -2.56. The lowest BCUT2D eigenvalue weighted by atomic mass is 10.0. The number of halogens is 1. The van der Waals surface area contributed by atoms with Gasteiger partial charge in [-0.3, -0.25) is 0 Å². The molecule has 2 rings (SSSR count). The molecule has 2 atom stereocenters. The molecule has 2 N–H and O–H groups in total. The minimum Gasteiger partial charge on any atom is -0.396 e. The van der Waals surface area contributed by atoms with Crippen LogP contribution < -0.4 is 10.2 Å². The van der Waals surface area contributed by atoms with Crippen molar-refractivity contribution in [2.75, 3.05) is 24.6 Å². The van der Waals surface area contributed by atoms with E-state index < -0.39 is 0 Å². The van der Waals surface area contributed by atoms with Gasteiger partial charge in [0.15, 0.2) is 0 Å². The molecule has 4 heteroatoms. The van der Waals surface area contributed by atoms with Crippen LogP contribution in [0.3, 0.4) is 0 Å². The number of nitrogens with zero attached hydrogens (tertiary/aromatic N) is 1. The van der Waals surface area contributed by atoms with Gasteiger partial charge < -0.3 is 15.3 Å². The minimum atomic E-state index is 0.242. The maximum atomic E-state index is 9.15. The van der Waals surface area contributed by atoms with Gasteiger partial charge in [0.25, 0.3) is 0 Å². The number of aliphatic hydroxyl groups is 1. The van der Waals surface area contributed by atoms with E-state index in [2.05, 4.69) is 57.3 Å². The van der Waals surface area contributed by atoms with Crippen molar-refractivity contribution in [1.29, 1.82) is 0 Å². The summed E-state index contributed by atoms with van der Waals surface area (Å²) in [5.74, 6) is 0. The zero-order chi connectivity index (χ0) is 12.3. The van der Waals surface area contributed by atoms with Crippen molar-refractivity contribution >= 4 is 21.6 Å². The van der Waals surface area contributed by atoms with Crippen molar-refractivity contribution in [3.8, 4) is 0 Å². The molecule has 1 fully saturated rings. The second kappa shape index (κ2) is 5.85. The Bertz CT molecular complexity index is 353. The van der Waals surface area contributed by atoms with E-state index in [1.54, 1.807) is 0 Å². The maximum Gasteiger partial charge on any atom is 0.0451 e. The molecule has 0 saturated carbocycles. The van der Waals surface area contributed by atoms with Gasteiger partial charge in [0.1, 0.15) is 0 Å². The Morgan fingerprint density at radius 1 is 1.35 bits per heavy atom. The SMILES string of the molecule is CC1CNCC(CCO)N1c1ccc(Br)cc1. The van der Waals surface area contributed by atoms with Gasteiger partial charge in [0, 0.05) is 41.9 Å². The van der Waals surface area contributed by atoms with Gasteiger partial charge in [0.05, 0.1) is 0 Å². The van der Waals surface area contributed by atoms with E-state index in [1.807, 2.05) is 0 Å². The number of anilines is 1. The van der Waals surface area contributed by atoms with Gasteiger partial charge in [0.2, 0.25) is 0 Å². The van der Waals surface area contributed by atoms with Crippen LogP contribution in [-0.2, 0) is 0 Å². The average Bonchev–Trinajstić information content (AvgIpc) is 2.32. The first kappa shape index (κ1) is 12.9. The Morgan fingerprint density at radius 2 is 2.06 bits per heavy atom. The van der Waals surface area contributed by atoms with Gasteiger partial charge in [-0.15, -0.1) is 0 Å². The first-order valence-corrected chi connectivity index (χ1v) is 6.87. The van der Waals surface area contributed by atoms with Crippen LogP contribution in [0.25, 0.3) is 0 Å². The van der Waals surface area contributed by atoms with E-state index in [-0.39, 0.29) is 6.61 Å². The van der Waals surface area contributed by atoms with Crippen LogP contribution in [0.1, 0.15) is 13.3 Å². The molecule has 1 aromatic carbocycles. The molecule has 0 aromatic heterocycles. The van der Waals surface area contributed by atoms with Crippen molar-refractivity contribution in [1.82, 2.24) is 5.32 Å². The van der Waals surface area contributed by atoms with Crippen LogP contribution in [-0.4, -0.2) is 36.9 Å². The quantitative estimate of drug-likeness (QED) is 0.896. The highest BCUT2D eigenvalue weighted by Crippen LogP contribution is 2.25. The molecule has 0 aliphatic carbocycles. The number of nitrogens with one attached hydrogen (secondary N) is 1. The summed E-state index contributed by atoms with van der Waals surface area (Å²) >= 11 is 3.46. The first-order valence-electron chi connectivity index (χ1n) is 6.08. The Hall–Kier alpha value is -0.580. The van der Waals surface area contributed by atoms with E-state index in [0.717, 1.165) is 24.0 Å². The fourth-order valence-corrected chi connectivity index (χ4v) is 2.75. The Balaban J connectivity index is 2.21. The van der Waals surface area contributed by atoms with Gasteiger partial charge in [-0.2, -0.15) is 0 Å². The molecule has 94 valence electrons. The van der Waals surface area contributed by atoms with Crippen LogP contribution in [0.15, 0.2) is 28.7 Å². The summed E-state index contributed by atoms with van der Waals surface area (Å²) in [6.45, 7) is 4.41. The summed E-state index contributed by atoms with van der Waals surface area (Å²) in [5, 5.41) is 12.6. The molecule has 1 aromatic rings. The topological polar surface area (TPSA) is 35.5 Å². The molecule has 3 nitrogen and oxygen atoms in total. The molecule has 2 unspecified atom stereocenters. The molecule has 0 bridgehead atoms. The Kier molecular flexibility index (Phi) is 4.42. The predicted octanol–water partition coefficient (Wildman–Crippen LogP) is 2.00. The van der Waals surface area contributed by atoms with Gasteiger partial charge >= 0.3 is 0 Å². The molecule has 1 heterocycles. The fourth-order valence-electron chi connectivity index (χ4n) is 2.48. The van der Waals surface area contributed by atoms with E-state index in [0.29, 0.717) is 12.1 Å². The van der Waals surface area contributed by atoms with Crippen LogP contribution in [0.2, 0.25) is 0 Å². The highest BCUT2D eigenvalue weighted by Gasteiger charge is 2.27. The number of hydrogen-bond acceptors (Lipinski definition) is 3. The lowest BCUT2D eigenvalue weighted by Gasteiger charge is -2.43. The third-order valence-corrected chi connectivity index (χ3v) is 3.80. The van der Waals surface area contributed by atoms with Gasteiger partial charge in [-0.1, -0.05) is 15.9 Å². The third kappa shape index (κ3) is 3.00. The number of aliphatic hydroxyl groups excluding tert-OH is 1. The number of rotatable bonds is 3. The molecule has 1 saturated heterocycles. The van der Waals surface area contributed by atoms with Crippen LogP contribution in [0.5, 0.6) is 0 Å². The number of benzene rings is 1. The van der Waals surface area contributed by atoms with E-state index in [1.165, 1.54) is 5.69 Å². The Morgan fingerprint density at radius 3 is 2.71 bits per heavy atom. The monoisotopic (exact) mass is 298 g/mol. The summed E-state index contributed by atoms with van der Waals surface area (Å²) in [5.41, 5.74) is 1.24. The highest BCUT2D eigenvalue weighted by molar-refractivity contribution is 9.10.